The lowest BCUT2D eigenvalue weighted by atomic mass is 10.1. The van der Waals surface area contributed by atoms with E-state index >= 15 is 0 Å². The lowest BCUT2D eigenvalue weighted by Crippen LogP contribution is -2.15. The van der Waals surface area contributed by atoms with Gasteiger partial charge in [-0.2, -0.15) is 0 Å². The van der Waals surface area contributed by atoms with E-state index in [1.54, 1.807) is 44.6 Å². The summed E-state index contributed by atoms with van der Waals surface area (Å²) in [5, 5.41) is 14.0. The first kappa shape index (κ1) is 19.2. The molecule has 1 aromatic heterocycles. The van der Waals surface area contributed by atoms with Gasteiger partial charge < -0.3 is 20.1 Å². The normalized spacial score (nSPS) is 10.2. The predicted octanol–water partition coefficient (Wildman–Crippen LogP) is 3.40. The Kier molecular flexibility index (Phi) is 6.41. The number of nitrogens with zero attached hydrogens (tertiary/aromatic N) is 2. The molecule has 0 fully saturated rings. The van der Waals surface area contributed by atoms with Crippen molar-refractivity contribution < 1.29 is 14.3 Å². The summed E-state index contributed by atoms with van der Waals surface area (Å²) in [6.45, 7) is 0.705. The summed E-state index contributed by atoms with van der Waals surface area (Å²) in [6.07, 6.45) is 0.837. The number of benzene rings is 2. The molecule has 0 unspecified atom stereocenters. The number of hydrogen-bond acceptors (Lipinski definition) is 6. The molecule has 0 aliphatic heterocycles. The zero-order valence-corrected chi connectivity index (χ0v) is 15.8. The molecule has 2 N–H and O–H groups in total. The van der Waals surface area contributed by atoms with Gasteiger partial charge in [0.1, 0.15) is 17.3 Å². The molecule has 1 amide bonds. The average molecular weight is 378 g/mol. The topological polar surface area (TPSA) is 85.4 Å². The van der Waals surface area contributed by atoms with Gasteiger partial charge in [-0.25, -0.2) is 0 Å². The van der Waals surface area contributed by atoms with Gasteiger partial charge in [0.15, 0.2) is 5.69 Å². The van der Waals surface area contributed by atoms with Crippen LogP contribution in [0.4, 0.5) is 11.5 Å². The van der Waals surface area contributed by atoms with Crippen molar-refractivity contribution in [3.05, 3.63) is 71.9 Å². The molecule has 0 aliphatic rings. The molecule has 2 aromatic carbocycles. The number of methoxy groups -OCH3 is 2. The van der Waals surface area contributed by atoms with Crippen molar-refractivity contribution in [2.75, 3.05) is 31.4 Å². The summed E-state index contributed by atoms with van der Waals surface area (Å²) < 4.78 is 10.3. The van der Waals surface area contributed by atoms with E-state index < -0.39 is 0 Å². The smallest absolute Gasteiger partial charge is 0.276 e. The molecule has 28 heavy (non-hydrogen) atoms. The van der Waals surface area contributed by atoms with Crippen molar-refractivity contribution in [1.29, 1.82) is 0 Å². The van der Waals surface area contributed by atoms with Crippen LogP contribution < -0.4 is 20.1 Å². The first-order valence-corrected chi connectivity index (χ1v) is 8.84. The lowest BCUT2D eigenvalue weighted by molar-refractivity contribution is 0.102. The Hall–Kier alpha value is -3.61. The van der Waals surface area contributed by atoms with E-state index in [1.807, 2.05) is 30.3 Å². The molecule has 3 aromatic rings. The molecule has 1 heterocycles. The molecule has 0 saturated heterocycles. The molecular formula is C21H22N4O3. The van der Waals surface area contributed by atoms with E-state index in [-0.39, 0.29) is 11.6 Å². The second-order valence-electron chi connectivity index (χ2n) is 6.01. The van der Waals surface area contributed by atoms with Crippen LogP contribution in [0.3, 0.4) is 0 Å². The third-order valence-corrected chi connectivity index (χ3v) is 4.10. The molecule has 3 rings (SSSR count). The summed E-state index contributed by atoms with van der Waals surface area (Å²) in [4.78, 5) is 12.3. The summed E-state index contributed by atoms with van der Waals surface area (Å²) >= 11 is 0. The van der Waals surface area contributed by atoms with Gasteiger partial charge in [-0.15, -0.1) is 10.2 Å². The third kappa shape index (κ3) is 5.20. The largest absolute Gasteiger partial charge is 0.497 e. The van der Waals surface area contributed by atoms with E-state index in [0.717, 1.165) is 12.2 Å². The SMILES string of the molecule is COc1ccc(CCNc2ccc(C(=O)Nc3cccc(OC)c3)nn2)cc1. The van der Waals surface area contributed by atoms with Crippen molar-refractivity contribution in [2.45, 2.75) is 6.42 Å². The van der Waals surface area contributed by atoms with Gasteiger partial charge in [0.2, 0.25) is 0 Å². The highest BCUT2D eigenvalue weighted by atomic mass is 16.5. The molecule has 0 aliphatic carbocycles. The van der Waals surface area contributed by atoms with Gasteiger partial charge in [0.25, 0.3) is 5.91 Å². The van der Waals surface area contributed by atoms with Crippen LogP contribution in [0.15, 0.2) is 60.7 Å². The van der Waals surface area contributed by atoms with Gasteiger partial charge in [-0.05, 0) is 48.4 Å². The van der Waals surface area contributed by atoms with E-state index in [1.165, 1.54) is 5.56 Å². The number of nitrogens with one attached hydrogen (secondary N) is 2. The van der Waals surface area contributed by atoms with Crippen LogP contribution in [0.1, 0.15) is 16.1 Å². The van der Waals surface area contributed by atoms with Gasteiger partial charge in [-0.1, -0.05) is 18.2 Å². The number of amides is 1. The minimum absolute atomic E-state index is 0.239. The lowest BCUT2D eigenvalue weighted by Gasteiger charge is -2.08. The van der Waals surface area contributed by atoms with Crippen LogP contribution in [0, 0.1) is 0 Å². The zero-order valence-electron chi connectivity index (χ0n) is 15.8. The predicted molar refractivity (Wildman–Crippen MR) is 108 cm³/mol. The Bertz CT molecular complexity index is 912. The number of carbonyl (C=O) groups is 1. The van der Waals surface area contributed by atoms with Crippen LogP contribution in [0.2, 0.25) is 0 Å². The quantitative estimate of drug-likeness (QED) is 0.625. The molecular weight excluding hydrogens is 356 g/mol. The van der Waals surface area contributed by atoms with Crippen molar-refractivity contribution >= 4 is 17.4 Å². The van der Waals surface area contributed by atoms with E-state index in [0.29, 0.717) is 23.8 Å². The number of ether oxygens (including phenoxy) is 2. The number of aromatic nitrogens is 2. The molecule has 7 nitrogen and oxygen atoms in total. The maximum atomic E-state index is 12.3. The average Bonchev–Trinajstić information content (AvgIpc) is 2.75. The molecule has 0 bridgehead atoms. The molecule has 7 heteroatoms. The fourth-order valence-corrected chi connectivity index (χ4v) is 2.57. The van der Waals surface area contributed by atoms with Gasteiger partial charge in [0.05, 0.1) is 14.2 Å². The van der Waals surface area contributed by atoms with Crippen molar-refractivity contribution in [3.63, 3.8) is 0 Å². The molecule has 144 valence electrons. The van der Waals surface area contributed by atoms with Crippen LogP contribution in [-0.4, -0.2) is 36.9 Å². The Morgan fingerprint density at radius 3 is 2.39 bits per heavy atom. The van der Waals surface area contributed by atoms with E-state index in [4.69, 9.17) is 9.47 Å². The van der Waals surface area contributed by atoms with Crippen LogP contribution in [-0.2, 0) is 6.42 Å². The molecule has 0 radical (unpaired) electrons. The standard InChI is InChI=1S/C21H22N4O3/c1-27-17-8-6-15(7-9-17)12-13-22-20-11-10-19(24-25-20)21(26)23-16-4-3-5-18(14-16)28-2/h3-11,14H,12-13H2,1-2H3,(H,22,25)(H,23,26). The first-order chi connectivity index (χ1) is 13.7. The second kappa shape index (κ2) is 9.36. The van der Waals surface area contributed by atoms with Gasteiger partial charge in [0, 0.05) is 18.3 Å². The Labute approximate surface area is 163 Å². The second-order valence-corrected chi connectivity index (χ2v) is 6.01. The highest BCUT2D eigenvalue weighted by molar-refractivity contribution is 6.02. The van der Waals surface area contributed by atoms with Crippen molar-refractivity contribution in [2.24, 2.45) is 0 Å². The maximum absolute atomic E-state index is 12.3. The van der Waals surface area contributed by atoms with Gasteiger partial charge >= 0.3 is 0 Å². The summed E-state index contributed by atoms with van der Waals surface area (Å²) in [6, 6.07) is 18.4. The van der Waals surface area contributed by atoms with Crippen LogP contribution in [0.25, 0.3) is 0 Å². The fourth-order valence-electron chi connectivity index (χ4n) is 2.57. The first-order valence-electron chi connectivity index (χ1n) is 8.84. The number of hydrogen-bond donors (Lipinski definition) is 2. The monoisotopic (exact) mass is 378 g/mol. The van der Waals surface area contributed by atoms with E-state index in [2.05, 4.69) is 20.8 Å². The summed E-state index contributed by atoms with van der Waals surface area (Å²) in [5.74, 6) is 1.79. The van der Waals surface area contributed by atoms with Crippen LogP contribution in [0.5, 0.6) is 11.5 Å². The van der Waals surface area contributed by atoms with Crippen molar-refractivity contribution in [1.82, 2.24) is 10.2 Å². The highest BCUT2D eigenvalue weighted by Crippen LogP contribution is 2.17. The van der Waals surface area contributed by atoms with Crippen molar-refractivity contribution in [3.8, 4) is 11.5 Å². The fraction of sp³-hybridized carbons (Fsp3) is 0.190. The zero-order chi connectivity index (χ0) is 19.8. The Morgan fingerprint density at radius 1 is 0.929 bits per heavy atom. The van der Waals surface area contributed by atoms with Crippen LogP contribution >= 0.6 is 0 Å². The Balaban J connectivity index is 1.51. The minimum atomic E-state index is -0.328. The minimum Gasteiger partial charge on any atom is -0.497 e. The summed E-state index contributed by atoms with van der Waals surface area (Å²) in [7, 11) is 3.22. The van der Waals surface area contributed by atoms with Gasteiger partial charge in [-0.3, -0.25) is 4.79 Å². The third-order valence-electron chi connectivity index (χ3n) is 4.10. The molecule has 0 atom stereocenters. The number of carbonyl (C=O) groups excluding carboxylic acids is 1. The molecule has 0 saturated carbocycles. The number of anilines is 2. The summed E-state index contributed by atoms with van der Waals surface area (Å²) in [5.41, 5.74) is 2.06. The molecule has 0 spiro atoms. The number of rotatable bonds is 8. The highest BCUT2D eigenvalue weighted by Gasteiger charge is 2.09. The van der Waals surface area contributed by atoms with E-state index in [9.17, 15) is 4.79 Å². The Morgan fingerprint density at radius 2 is 1.71 bits per heavy atom. The maximum Gasteiger partial charge on any atom is 0.276 e.